The molecule has 0 aliphatic rings. The van der Waals surface area contributed by atoms with Crippen LogP contribution in [-0.2, 0) is 0 Å². The van der Waals surface area contributed by atoms with Gasteiger partial charge < -0.3 is 14.8 Å². The number of nitrogens with zero attached hydrogens (tertiary/aromatic N) is 1. The fourth-order valence-electron chi connectivity index (χ4n) is 0.535. The molecule has 0 saturated carbocycles. The van der Waals surface area contributed by atoms with Crippen molar-refractivity contribution in [1.29, 1.82) is 0 Å². The van der Waals surface area contributed by atoms with Gasteiger partial charge in [-0.3, -0.25) is 0 Å². The van der Waals surface area contributed by atoms with Crippen molar-refractivity contribution >= 4 is 6.09 Å². The van der Waals surface area contributed by atoms with Crippen LogP contribution >= 0.6 is 0 Å². The minimum atomic E-state index is -1.19. The van der Waals surface area contributed by atoms with Crippen LogP contribution < -0.4 is 5.11 Å². The van der Waals surface area contributed by atoms with Crippen molar-refractivity contribution in [2.24, 2.45) is 0 Å². The maximum atomic E-state index is 10.2. The quantitative estimate of drug-likeness (QED) is 0.516. The molecular formula is C7H10NO2-. The van der Waals surface area contributed by atoms with Crippen LogP contribution in [0.1, 0.15) is 0 Å². The predicted octanol–water partition coefficient (Wildman–Crippen LogP) is 0.00370. The number of amides is 1. The highest BCUT2D eigenvalue weighted by Gasteiger charge is 1.96. The van der Waals surface area contributed by atoms with Crippen LogP contribution in [0.25, 0.3) is 0 Å². The number of carboxylic acid groups (broad SMARTS) is 1. The molecule has 0 aromatic carbocycles. The molecule has 0 aromatic heterocycles. The Bertz CT molecular complexity index is 133. The van der Waals surface area contributed by atoms with Crippen LogP contribution in [0.4, 0.5) is 4.79 Å². The van der Waals surface area contributed by atoms with Gasteiger partial charge in [-0.15, -0.1) is 13.2 Å². The van der Waals surface area contributed by atoms with Crippen molar-refractivity contribution < 1.29 is 9.90 Å². The lowest BCUT2D eigenvalue weighted by atomic mass is 10.5. The third-order valence-electron chi connectivity index (χ3n) is 0.957. The molecule has 0 rings (SSSR count). The zero-order valence-corrected chi connectivity index (χ0v) is 5.75. The average Bonchev–Trinajstić information content (AvgIpc) is 1.87. The minimum absolute atomic E-state index is 0.286. The summed E-state index contributed by atoms with van der Waals surface area (Å²) in [4.78, 5) is 11.3. The van der Waals surface area contributed by atoms with Gasteiger partial charge in [0.2, 0.25) is 0 Å². The molecule has 3 nitrogen and oxygen atoms in total. The monoisotopic (exact) mass is 140 g/mol. The smallest absolute Gasteiger partial charge is 0.137 e. The standard InChI is InChI=1S/C7H11NO2/c1-3-5-8(6-4-2)7(9)10/h3-4H,1-2,5-6H2,(H,9,10)/p-1. The number of carbonyl (C=O) groups excluding carboxylic acids is 1. The molecule has 0 saturated heterocycles. The summed E-state index contributed by atoms with van der Waals surface area (Å²) in [5, 5.41) is 10.2. The van der Waals surface area contributed by atoms with Crippen LogP contribution in [0.15, 0.2) is 25.3 Å². The molecule has 0 aliphatic heterocycles. The van der Waals surface area contributed by atoms with Crippen molar-refractivity contribution in [1.82, 2.24) is 4.90 Å². The van der Waals surface area contributed by atoms with Gasteiger partial charge in [0, 0.05) is 13.1 Å². The molecule has 0 atom stereocenters. The predicted molar refractivity (Wildman–Crippen MR) is 37.4 cm³/mol. The Morgan fingerprint density at radius 2 is 1.80 bits per heavy atom. The first kappa shape index (κ1) is 8.75. The van der Waals surface area contributed by atoms with Gasteiger partial charge in [0.1, 0.15) is 6.09 Å². The molecule has 0 fully saturated rings. The normalized spacial score (nSPS) is 8.40. The fourth-order valence-corrected chi connectivity index (χ4v) is 0.535. The van der Waals surface area contributed by atoms with Gasteiger partial charge in [-0.1, -0.05) is 12.2 Å². The number of hydrogen-bond acceptors (Lipinski definition) is 2. The fraction of sp³-hybridized carbons (Fsp3) is 0.286. The van der Waals surface area contributed by atoms with E-state index in [4.69, 9.17) is 0 Å². The Kier molecular flexibility index (Phi) is 4.04. The zero-order chi connectivity index (χ0) is 7.98. The lowest BCUT2D eigenvalue weighted by Gasteiger charge is -2.21. The van der Waals surface area contributed by atoms with E-state index in [1.807, 2.05) is 0 Å². The summed E-state index contributed by atoms with van der Waals surface area (Å²) < 4.78 is 0. The van der Waals surface area contributed by atoms with E-state index < -0.39 is 6.09 Å². The largest absolute Gasteiger partial charge is 0.530 e. The molecule has 0 bridgehead atoms. The first-order valence-corrected chi connectivity index (χ1v) is 2.90. The summed E-state index contributed by atoms with van der Waals surface area (Å²) in [5.74, 6) is 0. The summed E-state index contributed by atoms with van der Waals surface area (Å²) in [6.07, 6.45) is 1.80. The van der Waals surface area contributed by atoms with Crippen molar-refractivity contribution in [2.45, 2.75) is 0 Å². The Morgan fingerprint density at radius 1 is 1.40 bits per heavy atom. The highest BCUT2D eigenvalue weighted by atomic mass is 16.4. The lowest BCUT2D eigenvalue weighted by molar-refractivity contribution is -0.264. The molecule has 0 radical (unpaired) electrons. The van der Waals surface area contributed by atoms with E-state index in [0.29, 0.717) is 0 Å². The van der Waals surface area contributed by atoms with Crippen molar-refractivity contribution in [3.05, 3.63) is 25.3 Å². The van der Waals surface area contributed by atoms with E-state index in [1.54, 1.807) is 0 Å². The Morgan fingerprint density at radius 3 is 2.00 bits per heavy atom. The molecule has 3 heteroatoms. The van der Waals surface area contributed by atoms with Gasteiger partial charge in [-0.25, -0.2) is 0 Å². The first-order valence-electron chi connectivity index (χ1n) is 2.90. The maximum absolute atomic E-state index is 10.2. The second kappa shape index (κ2) is 4.61. The number of rotatable bonds is 4. The third kappa shape index (κ3) is 2.91. The maximum Gasteiger partial charge on any atom is 0.137 e. The summed E-state index contributed by atoms with van der Waals surface area (Å²) >= 11 is 0. The number of carbonyl (C=O) groups is 1. The second-order valence-corrected chi connectivity index (χ2v) is 1.75. The molecule has 0 unspecified atom stereocenters. The van der Waals surface area contributed by atoms with Crippen molar-refractivity contribution in [3.63, 3.8) is 0 Å². The second-order valence-electron chi connectivity index (χ2n) is 1.75. The van der Waals surface area contributed by atoms with Crippen molar-refractivity contribution in [3.8, 4) is 0 Å². The van der Waals surface area contributed by atoms with E-state index in [1.165, 1.54) is 12.2 Å². The van der Waals surface area contributed by atoms with Crippen LogP contribution in [0.5, 0.6) is 0 Å². The van der Waals surface area contributed by atoms with Gasteiger partial charge in [0.25, 0.3) is 0 Å². The van der Waals surface area contributed by atoms with Gasteiger partial charge in [-0.2, -0.15) is 0 Å². The Balaban J connectivity index is 3.83. The molecule has 56 valence electrons. The summed E-state index contributed by atoms with van der Waals surface area (Å²) in [6.45, 7) is 7.37. The van der Waals surface area contributed by atoms with Gasteiger partial charge >= 0.3 is 0 Å². The van der Waals surface area contributed by atoms with E-state index >= 15 is 0 Å². The van der Waals surface area contributed by atoms with Gasteiger partial charge in [-0.05, 0) is 0 Å². The molecule has 0 aromatic rings. The Hall–Kier alpha value is -1.25. The van der Waals surface area contributed by atoms with E-state index in [0.717, 1.165) is 4.90 Å². The molecule has 0 heterocycles. The van der Waals surface area contributed by atoms with E-state index in [2.05, 4.69) is 13.2 Å². The van der Waals surface area contributed by atoms with Gasteiger partial charge in [0.05, 0.1) is 0 Å². The summed E-state index contributed by atoms with van der Waals surface area (Å²) in [5.41, 5.74) is 0. The highest BCUT2D eigenvalue weighted by molar-refractivity contribution is 5.62. The van der Waals surface area contributed by atoms with Crippen LogP contribution in [0.3, 0.4) is 0 Å². The summed E-state index contributed by atoms with van der Waals surface area (Å²) in [7, 11) is 0. The Labute approximate surface area is 60.3 Å². The molecule has 1 amide bonds. The molecule has 0 spiro atoms. The van der Waals surface area contributed by atoms with Crippen LogP contribution in [0.2, 0.25) is 0 Å². The van der Waals surface area contributed by atoms with Crippen LogP contribution in [0, 0.1) is 0 Å². The summed E-state index contributed by atoms with van der Waals surface area (Å²) in [6, 6.07) is 0. The molecule has 10 heavy (non-hydrogen) atoms. The minimum Gasteiger partial charge on any atom is -0.530 e. The average molecular weight is 140 g/mol. The lowest BCUT2D eigenvalue weighted by Crippen LogP contribution is -2.41. The SMILES string of the molecule is C=CCN(CC=C)C(=O)[O-]. The first-order chi connectivity index (χ1) is 4.72. The molecular weight excluding hydrogens is 130 g/mol. The van der Waals surface area contributed by atoms with E-state index in [-0.39, 0.29) is 13.1 Å². The topological polar surface area (TPSA) is 43.4 Å². The van der Waals surface area contributed by atoms with Gasteiger partial charge in [0.15, 0.2) is 0 Å². The third-order valence-corrected chi connectivity index (χ3v) is 0.957. The molecule has 0 N–H and O–H groups in total. The van der Waals surface area contributed by atoms with Crippen LogP contribution in [-0.4, -0.2) is 24.1 Å². The highest BCUT2D eigenvalue weighted by Crippen LogP contribution is 1.86. The van der Waals surface area contributed by atoms with Crippen molar-refractivity contribution in [2.75, 3.05) is 13.1 Å². The number of hydrogen-bond donors (Lipinski definition) is 0. The molecule has 0 aliphatic carbocycles. The zero-order valence-electron chi connectivity index (χ0n) is 5.75. The van der Waals surface area contributed by atoms with E-state index in [9.17, 15) is 9.90 Å².